The molecule has 5 atom stereocenters. The van der Waals surface area contributed by atoms with Crippen LogP contribution in [-0.2, 0) is 11.2 Å². The second-order valence-corrected chi connectivity index (χ2v) is 6.86. The zero-order valence-corrected chi connectivity index (χ0v) is 14.0. The van der Waals surface area contributed by atoms with Gasteiger partial charge in [0.15, 0.2) is 0 Å². The predicted molar refractivity (Wildman–Crippen MR) is 88.0 cm³/mol. The Hall–Kier alpha value is -0.900. The van der Waals surface area contributed by atoms with Crippen LogP contribution >= 0.6 is 0 Å². The van der Waals surface area contributed by atoms with Crippen molar-refractivity contribution in [3.8, 4) is 0 Å². The Morgan fingerprint density at radius 3 is 2.14 bits per heavy atom. The zero-order chi connectivity index (χ0) is 15.6. The van der Waals surface area contributed by atoms with Crippen molar-refractivity contribution in [2.24, 2.45) is 17.7 Å². The van der Waals surface area contributed by atoms with Gasteiger partial charge in [-0.2, -0.15) is 0 Å². The summed E-state index contributed by atoms with van der Waals surface area (Å²) < 4.78 is 5.96. The summed E-state index contributed by atoms with van der Waals surface area (Å²) in [4.78, 5) is 0. The van der Waals surface area contributed by atoms with Crippen LogP contribution in [-0.4, -0.2) is 18.2 Å². The number of benzene rings is 1. The van der Waals surface area contributed by atoms with E-state index in [0.29, 0.717) is 23.9 Å². The average Bonchev–Trinajstić information content (AvgIpc) is 2.70. The maximum Gasteiger partial charge on any atom is 0.0597 e. The monoisotopic (exact) mass is 290 g/mol. The Balaban J connectivity index is 2.08. The van der Waals surface area contributed by atoms with Crippen LogP contribution in [0.15, 0.2) is 24.3 Å². The molecule has 1 aromatic carbocycles. The molecule has 118 valence electrons. The highest BCUT2D eigenvalue weighted by atomic mass is 16.5. The third-order valence-corrected chi connectivity index (χ3v) is 5.10. The minimum Gasteiger partial charge on any atom is -0.375 e. The van der Waals surface area contributed by atoms with E-state index in [9.17, 15) is 0 Å². The van der Waals surface area contributed by atoms with E-state index in [1.807, 2.05) is 0 Å². The van der Waals surface area contributed by atoms with Crippen molar-refractivity contribution >= 4 is 0 Å². The fraction of sp³-hybridized carbons (Fsp3) is 0.667. The van der Waals surface area contributed by atoms with Crippen LogP contribution < -0.4 is 11.3 Å². The molecule has 0 aliphatic carbocycles. The van der Waals surface area contributed by atoms with Crippen LogP contribution in [0.4, 0.5) is 0 Å². The van der Waals surface area contributed by atoms with Crippen LogP contribution in [0, 0.1) is 11.8 Å². The summed E-state index contributed by atoms with van der Waals surface area (Å²) >= 11 is 0. The van der Waals surface area contributed by atoms with E-state index in [0.717, 1.165) is 6.42 Å². The number of nitrogens with two attached hydrogens (primary N) is 1. The highest BCUT2D eigenvalue weighted by Crippen LogP contribution is 2.35. The molecule has 5 unspecified atom stereocenters. The van der Waals surface area contributed by atoms with Crippen LogP contribution in [0.1, 0.15) is 51.7 Å². The summed E-state index contributed by atoms with van der Waals surface area (Å²) in [7, 11) is 0. The molecule has 1 aromatic rings. The molecule has 3 heteroatoms. The lowest BCUT2D eigenvalue weighted by Crippen LogP contribution is -2.46. The molecule has 0 amide bonds. The van der Waals surface area contributed by atoms with Crippen molar-refractivity contribution in [3.05, 3.63) is 35.4 Å². The number of ether oxygens (including phenoxy) is 1. The van der Waals surface area contributed by atoms with E-state index in [-0.39, 0.29) is 12.1 Å². The Bertz CT molecular complexity index is 443. The molecule has 1 aliphatic rings. The number of hydrazine groups is 1. The van der Waals surface area contributed by atoms with Crippen molar-refractivity contribution in [2.75, 3.05) is 0 Å². The molecule has 0 saturated carbocycles. The SMILES string of the molecule is CC(C)c1ccc(CC(NN)C2C(C)OC(C)C2C)cc1. The van der Waals surface area contributed by atoms with Crippen LogP contribution in [0.25, 0.3) is 0 Å². The fourth-order valence-corrected chi connectivity index (χ4v) is 3.59. The zero-order valence-electron chi connectivity index (χ0n) is 14.0. The second-order valence-electron chi connectivity index (χ2n) is 6.86. The molecule has 0 radical (unpaired) electrons. The average molecular weight is 290 g/mol. The smallest absolute Gasteiger partial charge is 0.0597 e. The maximum absolute atomic E-state index is 5.96. The first kappa shape index (κ1) is 16.5. The van der Waals surface area contributed by atoms with Gasteiger partial charge in [-0.3, -0.25) is 11.3 Å². The van der Waals surface area contributed by atoms with E-state index in [1.165, 1.54) is 11.1 Å². The summed E-state index contributed by atoms with van der Waals surface area (Å²) in [6, 6.07) is 9.18. The Kier molecular flexibility index (Phi) is 5.42. The second kappa shape index (κ2) is 6.91. The van der Waals surface area contributed by atoms with E-state index < -0.39 is 0 Å². The summed E-state index contributed by atoms with van der Waals surface area (Å²) in [6.45, 7) is 11.0. The Morgan fingerprint density at radius 2 is 1.71 bits per heavy atom. The molecule has 21 heavy (non-hydrogen) atoms. The van der Waals surface area contributed by atoms with Gasteiger partial charge in [0.1, 0.15) is 0 Å². The van der Waals surface area contributed by atoms with Gasteiger partial charge in [-0.1, -0.05) is 45.0 Å². The van der Waals surface area contributed by atoms with Gasteiger partial charge in [0.2, 0.25) is 0 Å². The molecule has 1 fully saturated rings. The summed E-state index contributed by atoms with van der Waals surface area (Å²) in [5, 5.41) is 0. The fourth-order valence-electron chi connectivity index (χ4n) is 3.59. The molecular formula is C18H30N2O. The lowest BCUT2D eigenvalue weighted by Gasteiger charge is -2.28. The van der Waals surface area contributed by atoms with Crippen molar-refractivity contribution in [2.45, 2.75) is 65.2 Å². The van der Waals surface area contributed by atoms with Gasteiger partial charge in [-0.15, -0.1) is 0 Å². The van der Waals surface area contributed by atoms with Crippen LogP contribution in [0.3, 0.4) is 0 Å². The van der Waals surface area contributed by atoms with Gasteiger partial charge in [-0.25, -0.2) is 0 Å². The first-order valence-electron chi connectivity index (χ1n) is 8.14. The van der Waals surface area contributed by atoms with Crippen LogP contribution in [0.5, 0.6) is 0 Å². The number of hydrogen-bond donors (Lipinski definition) is 2. The quantitative estimate of drug-likeness (QED) is 0.646. The number of hydrogen-bond acceptors (Lipinski definition) is 3. The van der Waals surface area contributed by atoms with E-state index in [4.69, 9.17) is 10.6 Å². The third kappa shape index (κ3) is 3.65. The minimum absolute atomic E-state index is 0.254. The lowest BCUT2D eigenvalue weighted by atomic mass is 9.81. The van der Waals surface area contributed by atoms with Gasteiger partial charge < -0.3 is 4.74 Å². The van der Waals surface area contributed by atoms with E-state index in [2.05, 4.69) is 64.3 Å². The highest BCUT2D eigenvalue weighted by molar-refractivity contribution is 5.25. The van der Waals surface area contributed by atoms with Gasteiger partial charge in [-0.05, 0) is 43.2 Å². The number of nitrogens with one attached hydrogen (secondary N) is 1. The van der Waals surface area contributed by atoms with Crippen molar-refractivity contribution in [3.63, 3.8) is 0 Å². The standard InChI is InChI=1S/C18H30N2O/c1-11(2)16-8-6-15(7-9-16)10-17(20-19)18-12(3)13(4)21-14(18)5/h6-9,11-14,17-18,20H,10,19H2,1-5H3. The normalized spacial score (nSPS) is 30.8. The van der Waals surface area contributed by atoms with Crippen molar-refractivity contribution in [1.82, 2.24) is 5.43 Å². The summed E-state index contributed by atoms with van der Waals surface area (Å²) in [6.07, 6.45) is 1.51. The molecule has 0 aromatic heterocycles. The minimum atomic E-state index is 0.254. The molecule has 0 bridgehead atoms. The first-order chi connectivity index (χ1) is 9.93. The molecule has 3 nitrogen and oxygen atoms in total. The van der Waals surface area contributed by atoms with Crippen LogP contribution in [0.2, 0.25) is 0 Å². The Morgan fingerprint density at radius 1 is 1.10 bits per heavy atom. The summed E-state index contributed by atoms with van der Waals surface area (Å²) in [5.41, 5.74) is 5.75. The summed E-state index contributed by atoms with van der Waals surface area (Å²) in [5.74, 6) is 7.40. The van der Waals surface area contributed by atoms with Crippen molar-refractivity contribution in [1.29, 1.82) is 0 Å². The first-order valence-corrected chi connectivity index (χ1v) is 8.14. The number of rotatable bonds is 5. The topological polar surface area (TPSA) is 47.3 Å². The molecular weight excluding hydrogens is 260 g/mol. The molecule has 0 spiro atoms. The Labute approximate surface area is 129 Å². The molecule has 2 rings (SSSR count). The van der Waals surface area contributed by atoms with Gasteiger partial charge in [0.25, 0.3) is 0 Å². The van der Waals surface area contributed by atoms with E-state index in [1.54, 1.807) is 0 Å². The molecule has 1 saturated heterocycles. The van der Waals surface area contributed by atoms with Crippen molar-refractivity contribution < 1.29 is 4.74 Å². The highest BCUT2D eigenvalue weighted by Gasteiger charge is 2.41. The van der Waals surface area contributed by atoms with Gasteiger partial charge in [0.05, 0.1) is 12.2 Å². The molecule has 1 heterocycles. The largest absolute Gasteiger partial charge is 0.375 e. The lowest BCUT2D eigenvalue weighted by molar-refractivity contribution is 0.0476. The maximum atomic E-state index is 5.96. The van der Waals surface area contributed by atoms with E-state index >= 15 is 0 Å². The molecule has 1 aliphatic heterocycles. The van der Waals surface area contributed by atoms with Gasteiger partial charge >= 0.3 is 0 Å². The molecule has 3 N–H and O–H groups in total. The van der Waals surface area contributed by atoms with Gasteiger partial charge in [0, 0.05) is 12.0 Å². The third-order valence-electron chi connectivity index (χ3n) is 5.10. The predicted octanol–water partition coefficient (Wildman–Crippen LogP) is 3.24.